The lowest BCUT2D eigenvalue weighted by atomic mass is 9.81. The van der Waals surface area contributed by atoms with Gasteiger partial charge in [-0.2, -0.15) is 0 Å². The summed E-state index contributed by atoms with van der Waals surface area (Å²) >= 11 is 0. The van der Waals surface area contributed by atoms with Gasteiger partial charge in [-0.15, -0.1) is 6.58 Å². The molecule has 26 heavy (non-hydrogen) atoms. The lowest BCUT2D eigenvalue weighted by molar-refractivity contribution is 0.991. The topological polar surface area (TPSA) is 0 Å². The molecule has 0 aliphatic heterocycles. The fraction of sp³-hybridized carbons (Fsp3) is 0.154. The molecule has 0 atom stereocenters. The number of allylic oxidation sites excluding steroid dienone is 1. The van der Waals surface area contributed by atoms with E-state index in [1.807, 2.05) is 6.08 Å². The van der Waals surface area contributed by atoms with E-state index in [0.717, 1.165) is 24.5 Å². The Bertz CT molecular complexity index is 1100. The lowest BCUT2D eigenvalue weighted by Crippen LogP contribution is -2.23. The lowest BCUT2D eigenvalue weighted by Gasteiger charge is -2.22. The summed E-state index contributed by atoms with van der Waals surface area (Å²) in [5, 5.41) is 2.43. The van der Waals surface area contributed by atoms with Crippen LogP contribution in [0, 0.1) is 6.92 Å². The molecule has 0 bridgehead atoms. The molecule has 0 spiro atoms. The van der Waals surface area contributed by atoms with Gasteiger partial charge in [0, 0.05) is 0 Å². The van der Waals surface area contributed by atoms with Gasteiger partial charge in [0.15, 0.2) is 0 Å². The summed E-state index contributed by atoms with van der Waals surface area (Å²) in [6.45, 7) is 10.2. The Hall–Kier alpha value is -2.86. The number of hydrogen-bond acceptors (Lipinski definition) is 0. The van der Waals surface area contributed by atoms with E-state index in [-0.39, 0.29) is 0 Å². The third kappa shape index (κ3) is 2.93. The van der Waals surface area contributed by atoms with Crippen LogP contribution in [-0.4, -0.2) is 0 Å². The molecule has 0 amide bonds. The molecule has 1 aliphatic carbocycles. The second-order valence-corrected chi connectivity index (χ2v) is 7.18. The molecule has 0 saturated carbocycles. The Morgan fingerprint density at radius 1 is 0.923 bits per heavy atom. The molecular weight excluding hydrogens is 312 g/mol. The standard InChI is InChI=1S/C26H24/c1-4-5-9-20-12-14-25-22(16-20)17-21-15-18(2)11-13-24(21)26(25)23-10-7-6-8-19(23)3/h4,6-8,10-16H,1-2,5,9,17H2,3H3. The van der Waals surface area contributed by atoms with E-state index in [1.54, 1.807) is 0 Å². The largest absolute Gasteiger partial charge is 0.103 e. The van der Waals surface area contributed by atoms with Crippen molar-refractivity contribution >= 4 is 12.2 Å². The number of benzene rings is 3. The fourth-order valence-electron chi connectivity index (χ4n) is 3.99. The highest BCUT2D eigenvalue weighted by Crippen LogP contribution is 2.31. The molecule has 0 aromatic heterocycles. The highest BCUT2D eigenvalue weighted by atomic mass is 14.2. The molecule has 128 valence electrons. The SMILES string of the molecule is C=CCCc1ccc2c(c1)Cc1cc(=C)ccc1=C2c1ccccc1C. The molecule has 0 nitrogen and oxygen atoms in total. The van der Waals surface area contributed by atoms with Crippen molar-refractivity contribution < 1.29 is 0 Å². The van der Waals surface area contributed by atoms with Crippen LogP contribution in [0.25, 0.3) is 12.2 Å². The van der Waals surface area contributed by atoms with E-state index in [0.29, 0.717) is 0 Å². The minimum atomic E-state index is 0.978. The van der Waals surface area contributed by atoms with Gasteiger partial charge in [-0.05, 0) is 75.6 Å². The molecule has 1 aliphatic rings. The normalized spacial score (nSPS) is 12.4. The Balaban J connectivity index is 2.00. The van der Waals surface area contributed by atoms with Crippen molar-refractivity contribution in [3.05, 3.63) is 117 Å². The van der Waals surface area contributed by atoms with Gasteiger partial charge in [-0.1, -0.05) is 73.3 Å². The van der Waals surface area contributed by atoms with Crippen LogP contribution in [0.3, 0.4) is 0 Å². The van der Waals surface area contributed by atoms with Gasteiger partial charge in [0.2, 0.25) is 0 Å². The van der Waals surface area contributed by atoms with Crippen LogP contribution >= 0.6 is 0 Å². The molecule has 0 heteroatoms. The van der Waals surface area contributed by atoms with Gasteiger partial charge in [0.25, 0.3) is 0 Å². The number of hydrogen-bond donors (Lipinski definition) is 0. The first-order chi connectivity index (χ1) is 12.7. The van der Waals surface area contributed by atoms with Crippen molar-refractivity contribution in [1.82, 2.24) is 0 Å². The third-order valence-electron chi connectivity index (χ3n) is 5.31. The fourth-order valence-corrected chi connectivity index (χ4v) is 3.99. The number of aryl methyl sites for hydroxylation is 2. The maximum Gasteiger partial charge on any atom is -0.00131 e. The van der Waals surface area contributed by atoms with Gasteiger partial charge in [-0.3, -0.25) is 0 Å². The van der Waals surface area contributed by atoms with Crippen LogP contribution in [0.5, 0.6) is 0 Å². The average molecular weight is 336 g/mol. The first-order valence-electron chi connectivity index (χ1n) is 9.28. The molecular formula is C26H24. The van der Waals surface area contributed by atoms with Crippen LogP contribution in [0.1, 0.15) is 39.8 Å². The quantitative estimate of drug-likeness (QED) is 0.475. The summed E-state index contributed by atoms with van der Waals surface area (Å²) < 4.78 is 0. The second-order valence-electron chi connectivity index (χ2n) is 7.18. The zero-order valence-electron chi connectivity index (χ0n) is 15.4. The van der Waals surface area contributed by atoms with Crippen molar-refractivity contribution in [3.8, 4) is 0 Å². The Morgan fingerprint density at radius 3 is 2.58 bits per heavy atom. The summed E-state index contributed by atoms with van der Waals surface area (Å²) in [6, 6.07) is 22.3. The summed E-state index contributed by atoms with van der Waals surface area (Å²) in [4.78, 5) is 0. The average Bonchev–Trinajstić information content (AvgIpc) is 2.65. The van der Waals surface area contributed by atoms with Gasteiger partial charge in [0.1, 0.15) is 0 Å². The third-order valence-corrected chi connectivity index (χ3v) is 5.31. The van der Waals surface area contributed by atoms with E-state index in [2.05, 4.69) is 80.7 Å². The Labute approximate surface area is 155 Å². The molecule has 0 heterocycles. The van der Waals surface area contributed by atoms with Crippen LogP contribution < -0.4 is 10.4 Å². The first-order valence-corrected chi connectivity index (χ1v) is 9.28. The van der Waals surface area contributed by atoms with E-state index in [1.165, 1.54) is 44.2 Å². The van der Waals surface area contributed by atoms with Gasteiger partial charge >= 0.3 is 0 Å². The van der Waals surface area contributed by atoms with Gasteiger partial charge in [0.05, 0.1) is 0 Å². The first kappa shape index (κ1) is 16.6. The van der Waals surface area contributed by atoms with E-state index >= 15 is 0 Å². The van der Waals surface area contributed by atoms with Crippen LogP contribution in [-0.2, 0) is 12.8 Å². The summed E-state index contributed by atoms with van der Waals surface area (Å²) in [7, 11) is 0. The van der Waals surface area contributed by atoms with E-state index in [9.17, 15) is 0 Å². The smallest absolute Gasteiger partial charge is 0.00131 e. The number of fused-ring (bicyclic) bond motifs is 2. The predicted octanol–water partition coefficient (Wildman–Crippen LogP) is 4.68. The van der Waals surface area contributed by atoms with Crippen LogP contribution in [0.15, 0.2) is 73.3 Å². The van der Waals surface area contributed by atoms with Crippen molar-refractivity contribution in [2.45, 2.75) is 26.2 Å². The highest BCUT2D eigenvalue weighted by molar-refractivity contribution is 5.84. The monoisotopic (exact) mass is 336 g/mol. The second kappa shape index (κ2) is 6.80. The maximum absolute atomic E-state index is 4.14. The molecule has 3 aromatic rings. The van der Waals surface area contributed by atoms with E-state index < -0.39 is 0 Å². The summed E-state index contributed by atoms with van der Waals surface area (Å²) in [5.41, 5.74) is 9.55. The highest BCUT2D eigenvalue weighted by Gasteiger charge is 2.19. The van der Waals surface area contributed by atoms with Crippen molar-refractivity contribution in [2.75, 3.05) is 0 Å². The van der Waals surface area contributed by atoms with Crippen LogP contribution in [0.4, 0.5) is 0 Å². The van der Waals surface area contributed by atoms with Crippen molar-refractivity contribution in [3.63, 3.8) is 0 Å². The molecule has 0 unspecified atom stereocenters. The minimum Gasteiger partial charge on any atom is -0.103 e. The zero-order valence-corrected chi connectivity index (χ0v) is 15.4. The maximum atomic E-state index is 4.14. The molecule has 0 saturated heterocycles. The molecule has 0 N–H and O–H groups in total. The summed E-state index contributed by atoms with van der Waals surface area (Å²) in [5.74, 6) is 0. The van der Waals surface area contributed by atoms with Crippen LogP contribution in [0.2, 0.25) is 0 Å². The van der Waals surface area contributed by atoms with Gasteiger partial charge < -0.3 is 0 Å². The molecule has 3 aromatic carbocycles. The Morgan fingerprint density at radius 2 is 1.77 bits per heavy atom. The molecule has 0 radical (unpaired) electrons. The van der Waals surface area contributed by atoms with Crippen molar-refractivity contribution in [1.29, 1.82) is 0 Å². The summed E-state index contributed by atoms with van der Waals surface area (Å²) in [6.07, 6.45) is 5.05. The van der Waals surface area contributed by atoms with Crippen molar-refractivity contribution in [2.24, 2.45) is 0 Å². The number of rotatable bonds is 4. The molecule has 4 rings (SSSR count). The predicted molar refractivity (Wildman–Crippen MR) is 112 cm³/mol. The van der Waals surface area contributed by atoms with Gasteiger partial charge in [-0.25, -0.2) is 0 Å². The van der Waals surface area contributed by atoms with E-state index in [4.69, 9.17) is 0 Å². The Kier molecular flexibility index (Phi) is 4.34. The zero-order chi connectivity index (χ0) is 18.1. The minimum absolute atomic E-state index is 0.978. The molecule has 0 fully saturated rings.